The van der Waals surface area contributed by atoms with Gasteiger partial charge in [-0.1, -0.05) is 6.92 Å². The Kier molecular flexibility index (Phi) is 4.90. The Bertz CT molecular complexity index is 43.7. The summed E-state index contributed by atoms with van der Waals surface area (Å²) in [4.78, 5) is 0. The van der Waals surface area contributed by atoms with Gasteiger partial charge in [-0.25, -0.2) is 0 Å². The minimum Gasteiger partial charge on any atom is -0.329 e. The molecule has 50 valence electrons. The minimum atomic E-state index is 0.355. The van der Waals surface area contributed by atoms with Crippen molar-refractivity contribution in [1.29, 1.82) is 0 Å². The van der Waals surface area contributed by atoms with E-state index in [1.165, 1.54) is 0 Å². The quantitative estimate of drug-likeness (QED) is 0.549. The fourth-order valence-electron chi connectivity index (χ4n) is 0.495. The first-order valence-electron chi connectivity index (χ1n) is 2.92. The van der Waals surface area contributed by atoms with E-state index >= 15 is 0 Å². The molecule has 0 unspecified atom stereocenters. The summed E-state index contributed by atoms with van der Waals surface area (Å²) in [6, 6.07) is 0. The van der Waals surface area contributed by atoms with Crippen LogP contribution in [0.25, 0.3) is 0 Å². The summed E-state index contributed by atoms with van der Waals surface area (Å²) in [5.74, 6) is 0. The molecule has 0 amide bonds. The predicted octanol–water partition coefficient (Wildman–Crippen LogP) is 0.542. The largest absolute Gasteiger partial charge is 0.329 e. The van der Waals surface area contributed by atoms with E-state index in [2.05, 4.69) is 0 Å². The molecule has 0 saturated carbocycles. The number of halogens is 1. The molecule has 0 aliphatic rings. The maximum Gasteiger partial charge on any atom is 0.0413 e. The summed E-state index contributed by atoms with van der Waals surface area (Å²) in [6.45, 7) is 3.19. The molecular weight excluding hydrogens is 107 g/mol. The maximum absolute atomic E-state index is 12.2. The number of rotatable bonds is 4. The highest BCUT2D eigenvalue weighted by atomic mass is 19.2. The lowest BCUT2D eigenvalue weighted by molar-refractivity contribution is 0.0296. The third-order valence-electron chi connectivity index (χ3n) is 0.838. The highest BCUT2D eigenvalue weighted by Gasteiger charge is 1.95. The summed E-state index contributed by atoms with van der Waals surface area (Å²) in [7, 11) is 0. The van der Waals surface area contributed by atoms with Crippen LogP contribution in [0.5, 0.6) is 0 Å². The lowest BCUT2D eigenvalue weighted by Crippen LogP contribution is -2.22. The standard InChI is InChI=1S/C5H13FN2/c1-2-4-8(6)5-3-7/h2-5,7H2,1H3. The van der Waals surface area contributed by atoms with Crippen LogP contribution in [-0.2, 0) is 0 Å². The molecule has 0 bridgehead atoms. The van der Waals surface area contributed by atoms with Crippen molar-refractivity contribution in [3.63, 3.8) is 0 Å². The molecule has 8 heavy (non-hydrogen) atoms. The molecule has 0 atom stereocenters. The normalized spacial score (nSPS) is 10.5. The molecule has 0 fully saturated rings. The van der Waals surface area contributed by atoms with Crippen molar-refractivity contribution < 1.29 is 4.48 Å². The molecular formula is C5H13FN2. The van der Waals surface area contributed by atoms with Crippen molar-refractivity contribution in [1.82, 2.24) is 5.12 Å². The van der Waals surface area contributed by atoms with E-state index in [1.807, 2.05) is 6.92 Å². The van der Waals surface area contributed by atoms with E-state index in [0.29, 0.717) is 19.6 Å². The molecule has 0 aromatic carbocycles. The Hall–Kier alpha value is -0.150. The minimum absolute atomic E-state index is 0.355. The average Bonchev–Trinajstić information content (AvgIpc) is 1.68. The van der Waals surface area contributed by atoms with E-state index in [0.717, 1.165) is 11.5 Å². The molecule has 3 heteroatoms. The highest BCUT2D eigenvalue weighted by molar-refractivity contribution is 4.42. The smallest absolute Gasteiger partial charge is 0.0413 e. The average molecular weight is 120 g/mol. The van der Waals surface area contributed by atoms with Crippen molar-refractivity contribution in [3.05, 3.63) is 0 Å². The van der Waals surface area contributed by atoms with E-state index < -0.39 is 0 Å². The number of hydrogen-bond donors (Lipinski definition) is 1. The molecule has 0 aromatic rings. The van der Waals surface area contributed by atoms with Crippen LogP contribution in [0.1, 0.15) is 13.3 Å². The summed E-state index contributed by atoms with van der Waals surface area (Å²) in [5, 5.41) is 0.736. The molecule has 0 rings (SSSR count). The van der Waals surface area contributed by atoms with Crippen LogP contribution in [0.4, 0.5) is 4.48 Å². The van der Waals surface area contributed by atoms with Crippen molar-refractivity contribution in [2.45, 2.75) is 13.3 Å². The van der Waals surface area contributed by atoms with Gasteiger partial charge < -0.3 is 5.73 Å². The zero-order valence-corrected chi connectivity index (χ0v) is 5.23. The summed E-state index contributed by atoms with van der Waals surface area (Å²) < 4.78 is 12.2. The van der Waals surface area contributed by atoms with Crippen LogP contribution >= 0.6 is 0 Å². The fraction of sp³-hybridized carbons (Fsp3) is 1.00. The Morgan fingerprint density at radius 3 is 2.50 bits per heavy atom. The van der Waals surface area contributed by atoms with Gasteiger partial charge in [0, 0.05) is 19.6 Å². The third-order valence-corrected chi connectivity index (χ3v) is 0.838. The van der Waals surface area contributed by atoms with Crippen LogP contribution in [0.15, 0.2) is 0 Å². The van der Waals surface area contributed by atoms with Crippen LogP contribution in [0.3, 0.4) is 0 Å². The van der Waals surface area contributed by atoms with Gasteiger partial charge >= 0.3 is 0 Å². The number of nitrogens with zero attached hydrogens (tertiary/aromatic N) is 1. The second-order valence-electron chi connectivity index (χ2n) is 1.70. The number of hydrogen-bond acceptors (Lipinski definition) is 2. The van der Waals surface area contributed by atoms with Gasteiger partial charge in [0.1, 0.15) is 0 Å². The Morgan fingerprint density at radius 1 is 1.50 bits per heavy atom. The van der Waals surface area contributed by atoms with Crippen molar-refractivity contribution in [3.8, 4) is 0 Å². The molecule has 0 aliphatic heterocycles. The highest BCUT2D eigenvalue weighted by Crippen LogP contribution is 1.87. The van der Waals surface area contributed by atoms with Gasteiger partial charge in [-0.05, 0) is 6.42 Å². The zero-order valence-electron chi connectivity index (χ0n) is 5.23. The van der Waals surface area contributed by atoms with Gasteiger partial charge in [0.15, 0.2) is 0 Å². The predicted molar refractivity (Wildman–Crippen MR) is 32.0 cm³/mol. The van der Waals surface area contributed by atoms with Crippen molar-refractivity contribution in [2.24, 2.45) is 5.73 Å². The number of nitrogens with two attached hydrogens (primary N) is 1. The van der Waals surface area contributed by atoms with Crippen LogP contribution in [-0.4, -0.2) is 24.8 Å². The van der Waals surface area contributed by atoms with Gasteiger partial charge in [-0.2, -0.15) is 0 Å². The molecule has 2 nitrogen and oxygen atoms in total. The summed E-state index contributed by atoms with van der Waals surface area (Å²) >= 11 is 0. The van der Waals surface area contributed by atoms with Crippen molar-refractivity contribution in [2.75, 3.05) is 19.6 Å². The molecule has 0 aromatic heterocycles. The van der Waals surface area contributed by atoms with Crippen LogP contribution < -0.4 is 5.73 Å². The SMILES string of the molecule is CCCN(F)CCN. The molecule has 0 aliphatic carbocycles. The summed E-state index contributed by atoms with van der Waals surface area (Å²) in [5.41, 5.74) is 5.08. The first-order valence-corrected chi connectivity index (χ1v) is 2.92. The first-order chi connectivity index (χ1) is 3.81. The van der Waals surface area contributed by atoms with E-state index in [1.54, 1.807) is 0 Å². The van der Waals surface area contributed by atoms with Gasteiger partial charge in [-0.15, -0.1) is 9.60 Å². The fourth-order valence-corrected chi connectivity index (χ4v) is 0.495. The molecule has 0 heterocycles. The second-order valence-corrected chi connectivity index (χ2v) is 1.70. The maximum atomic E-state index is 12.2. The third kappa shape index (κ3) is 4.02. The first kappa shape index (κ1) is 7.85. The molecule has 0 saturated heterocycles. The Labute approximate surface area is 49.4 Å². The molecule has 2 N–H and O–H groups in total. The summed E-state index contributed by atoms with van der Waals surface area (Å²) in [6.07, 6.45) is 0.844. The molecule has 0 radical (unpaired) electrons. The van der Waals surface area contributed by atoms with E-state index in [4.69, 9.17) is 5.73 Å². The Balaban J connectivity index is 2.92. The van der Waals surface area contributed by atoms with E-state index in [9.17, 15) is 4.48 Å². The monoisotopic (exact) mass is 120 g/mol. The van der Waals surface area contributed by atoms with Gasteiger partial charge in [0.2, 0.25) is 0 Å². The molecule has 0 spiro atoms. The van der Waals surface area contributed by atoms with Crippen molar-refractivity contribution >= 4 is 0 Å². The lowest BCUT2D eigenvalue weighted by atomic mass is 10.5. The lowest BCUT2D eigenvalue weighted by Gasteiger charge is -2.06. The van der Waals surface area contributed by atoms with Crippen LogP contribution in [0.2, 0.25) is 0 Å². The van der Waals surface area contributed by atoms with Gasteiger partial charge in [-0.3, -0.25) is 0 Å². The van der Waals surface area contributed by atoms with Crippen LogP contribution in [0, 0.1) is 0 Å². The van der Waals surface area contributed by atoms with E-state index in [-0.39, 0.29) is 0 Å². The second kappa shape index (κ2) is 5.00. The van der Waals surface area contributed by atoms with Gasteiger partial charge in [0.05, 0.1) is 0 Å². The van der Waals surface area contributed by atoms with Gasteiger partial charge in [0.25, 0.3) is 0 Å². The topological polar surface area (TPSA) is 29.3 Å². The Morgan fingerprint density at radius 2 is 2.12 bits per heavy atom. The zero-order chi connectivity index (χ0) is 6.41.